The zero-order valence-corrected chi connectivity index (χ0v) is 36.7. The van der Waals surface area contributed by atoms with Crippen molar-refractivity contribution in [2.45, 2.75) is 281 Å². The van der Waals surface area contributed by atoms with E-state index in [1.807, 2.05) is 0 Å². The van der Waals surface area contributed by atoms with Gasteiger partial charge < -0.3 is 40.3 Å². The molecule has 9 nitrogen and oxygen atoms in total. The number of aliphatic hydroxyl groups excluding tert-OH is 5. The molecule has 1 fully saturated rings. The number of carbonyl (C=O) groups excluding carboxylic acids is 1. The molecule has 7 atom stereocenters. The van der Waals surface area contributed by atoms with Crippen LogP contribution in [-0.4, -0.2) is 87.5 Å². The lowest BCUT2D eigenvalue weighted by molar-refractivity contribution is -0.302. The van der Waals surface area contributed by atoms with Crippen LogP contribution < -0.4 is 5.32 Å². The van der Waals surface area contributed by atoms with E-state index >= 15 is 0 Å². The summed E-state index contributed by atoms with van der Waals surface area (Å²) in [7, 11) is 0. The van der Waals surface area contributed by atoms with E-state index in [1.165, 1.54) is 173 Å². The molecule has 6 N–H and O–H groups in total. The van der Waals surface area contributed by atoms with Gasteiger partial charge in [-0.15, -0.1) is 0 Å². The maximum Gasteiger partial charge on any atom is 0.220 e. The second-order valence-electron chi connectivity index (χ2n) is 17.3. The summed E-state index contributed by atoms with van der Waals surface area (Å²) < 4.78 is 11.2. The number of aliphatic hydroxyl groups is 5. The molecule has 0 spiro atoms. The Morgan fingerprint density at radius 1 is 0.536 bits per heavy atom. The maximum atomic E-state index is 12.9. The van der Waals surface area contributed by atoms with Crippen LogP contribution in [0.3, 0.4) is 0 Å². The fourth-order valence-corrected chi connectivity index (χ4v) is 8.04. The fraction of sp³-hybridized carbons (Fsp3) is 0.979. The van der Waals surface area contributed by atoms with E-state index in [2.05, 4.69) is 19.2 Å². The number of hydrogen-bond acceptors (Lipinski definition) is 8. The SMILES string of the molecule is CCCCCCCCCCCCCCCCCCCCCCCCCCC(=O)NC(COC1OC(CO)C(O)C(O)C1O)C(O)CCCCCCCCCCC. The summed E-state index contributed by atoms with van der Waals surface area (Å²) in [4.78, 5) is 12.9. The Balaban J connectivity index is 2.17. The first kappa shape index (κ1) is 53.2. The number of rotatable bonds is 41. The Morgan fingerprint density at radius 3 is 1.27 bits per heavy atom. The van der Waals surface area contributed by atoms with Crippen LogP contribution in [0.15, 0.2) is 0 Å². The van der Waals surface area contributed by atoms with Crippen LogP contribution in [0.2, 0.25) is 0 Å². The molecule has 1 aliphatic heterocycles. The molecule has 0 saturated carbocycles. The lowest BCUT2D eigenvalue weighted by atomic mass is 9.99. The summed E-state index contributed by atoms with van der Waals surface area (Å²) >= 11 is 0. The predicted molar refractivity (Wildman–Crippen MR) is 231 cm³/mol. The average molecular weight is 800 g/mol. The molecule has 1 aliphatic rings. The molecule has 9 heteroatoms. The van der Waals surface area contributed by atoms with Crippen molar-refractivity contribution in [3.63, 3.8) is 0 Å². The van der Waals surface area contributed by atoms with Crippen molar-refractivity contribution in [3.8, 4) is 0 Å². The van der Waals surface area contributed by atoms with Crippen LogP contribution in [0.25, 0.3) is 0 Å². The van der Waals surface area contributed by atoms with Crippen LogP contribution in [0, 0.1) is 0 Å². The molecule has 7 unspecified atom stereocenters. The van der Waals surface area contributed by atoms with Crippen LogP contribution >= 0.6 is 0 Å². The van der Waals surface area contributed by atoms with Crippen molar-refractivity contribution in [2.24, 2.45) is 0 Å². The van der Waals surface area contributed by atoms with E-state index in [1.54, 1.807) is 0 Å². The van der Waals surface area contributed by atoms with Gasteiger partial charge in [-0.1, -0.05) is 219 Å². The Morgan fingerprint density at radius 2 is 0.893 bits per heavy atom. The van der Waals surface area contributed by atoms with E-state index in [0.717, 1.165) is 38.5 Å². The van der Waals surface area contributed by atoms with Gasteiger partial charge in [0, 0.05) is 6.42 Å². The molecule has 0 aromatic heterocycles. The quantitative estimate of drug-likeness (QED) is 0.0335. The highest BCUT2D eigenvalue weighted by Gasteiger charge is 2.44. The van der Waals surface area contributed by atoms with Gasteiger partial charge in [0.15, 0.2) is 6.29 Å². The summed E-state index contributed by atoms with van der Waals surface area (Å²) in [6.45, 7) is 3.83. The van der Waals surface area contributed by atoms with Gasteiger partial charge in [0.1, 0.15) is 24.4 Å². The van der Waals surface area contributed by atoms with E-state index in [-0.39, 0.29) is 12.5 Å². The molecule has 0 aromatic rings. The first-order valence-corrected chi connectivity index (χ1v) is 24.2. The van der Waals surface area contributed by atoms with Gasteiger partial charge in [0.2, 0.25) is 5.91 Å². The molecule has 1 heterocycles. The smallest absolute Gasteiger partial charge is 0.220 e. The lowest BCUT2D eigenvalue weighted by Crippen LogP contribution is -2.60. The van der Waals surface area contributed by atoms with Gasteiger partial charge in [-0.3, -0.25) is 4.79 Å². The van der Waals surface area contributed by atoms with E-state index in [9.17, 15) is 30.3 Å². The van der Waals surface area contributed by atoms with Crippen molar-refractivity contribution < 1.29 is 39.8 Å². The van der Waals surface area contributed by atoms with Gasteiger partial charge in [0.05, 0.1) is 25.4 Å². The van der Waals surface area contributed by atoms with E-state index in [4.69, 9.17) is 9.47 Å². The summed E-state index contributed by atoms with van der Waals surface area (Å²) in [6.07, 6.45) is 35.6. The summed E-state index contributed by atoms with van der Waals surface area (Å²) in [6, 6.07) is -0.710. The number of unbranched alkanes of at least 4 members (excludes halogenated alkanes) is 31. The molecule has 0 bridgehead atoms. The van der Waals surface area contributed by atoms with Crippen LogP contribution in [0.5, 0.6) is 0 Å². The molecule has 1 saturated heterocycles. The fourth-order valence-electron chi connectivity index (χ4n) is 8.04. The summed E-state index contributed by atoms with van der Waals surface area (Å²) in [5.41, 5.74) is 0. The van der Waals surface area contributed by atoms with Gasteiger partial charge in [-0.25, -0.2) is 0 Å². The minimum atomic E-state index is -1.55. The Kier molecular flexibility index (Phi) is 36.5. The van der Waals surface area contributed by atoms with Crippen molar-refractivity contribution in [1.82, 2.24) is 5.32 Å². The standard InChI is InChI=1S/C47H93NO8/c1-3-5-7-9-11-13-14-15-16-17-18-19-20-21-22-23-24-25-26-27-29-31-33-35-37-43(51)48-40(41(50)36-34-32-30-28-12-10-8-6-4-2)39-55-47-46(54)45(53)44(52)42(38-49)56-47/h40-42,44-47,49-50,52-54H,3-39H2,1-2H3,(H,48,51). The lowest BCUT2D eigenvalue weighted by Gasteiger charge is -2.40. The number of ether oxygens (including phenoxy) is 2. The normalized spacial score (nSPS) is 21.0. The Labute approximate surface area is 344 Å². The third-order valence-corrected chi connectivity index (χ3v) is 12.0. The molecule has 0 aromatic carbocycles. The van der Waals surface area contributed by atoms with Crippen LogP contribution in [0.1, 0.15) is 239 Å². The Hall–Kier alpha value is -0.810. The highest BCUT2D eigenvalue weighted by molar-refractivity contribution is 5.76. The number of nitrogens with one attached hydrogen (secondary N) is 1. The highest BCUT2D eigenvalue weighted by Crippen LogP contribution is 2.23. The highest BCUT2D eigenvalue weighted by atomic mass is 16.7. The zero-order valence-electron chi connectivity index (χ0n) is 36.7. The molecule has 1 rings (SSSR count). The summed E-state index contributed by atoms with van der Waals surface area (Å²) in [5, 5.41) is 54.2. The van der Waals surface area contributed by atoms with Crippen molar-refractivity contribution >= 4 is 5.91 Å². The molecule has 334 valence electrons. The molecular weight excluding hydrogens is 707 g/mol. The van der Waals surface area contributed by atoms with Crippen molar-refractivity contribution in [1.29, 1.82) is 0 Å². The maximum absolute atomic E-state index is 12.9. The number of hydrogen-bond donors (Lipinski definition) is 6. The third-order valence-electron chi connectivity index (χ3n) is 12.0. The van der Waals surface area contributed by atoms with Gasteiger partial charge in [-0.05, 0) is 12.8 Å². The molecule has 0 radical (unpaired) electrons. The third kappa shape index (κ3) is 28.6. The van der Waals surface area contributed by atoms with Crippen molar-refractivity contribution in [3.05, 3.63) is 0 Å². The van der Waals surface area contributed by atoms with Gasteiger partial charge in [-0.2, -0.15) is 0 Å². The monoisotopic (exact) mass is 800 g/mol. The minimum absolute atomic E-state index is 0.132. The average Bonchev–Trinajstić information content (AvgIpc) is 3.20. The van der Waals surface area contributed by atoms with Gasteiger partial charge >= 0.3 is 0 Å². The largest absolute Gasteiger partial charge is 0.394 e. The first-order valence-electron chi connectivity index (χ1n) is 24.2. The zero-order chi connectivity index (χ0) is 40.9. The molecule has 0 aliphatic carbocycles. The second kappa shape index (κ2) is 38.4. The molecular formula is C47H93NO8. The number of carbonyl (C=O) groups is 1. The van der Waals surface area contributed by atoms with Crippen LogP contribution in [0.4, 0.5) is 0 Å². The topological polar surface area (TPSA) is 149 Å². The molecule has 56 heavy (non-hydrogen) atoms. The van der Waals surface area contributed by atoms with Crippen molar-refractivity contribution in [2.75, 3.05) is 13.2 Å². The summed E-state index contributed by atoms with van der Waals surface area (Å²) in [5.74, 6) is -0.141. The first-order chi connectivity index (χ1) is 27.3. The number of amides is 1. The Bertz CT molecular complexity index is 847. The van der Waals surface area contributed by atoms with Crippen LogP contribution in [-0.2, 0) is 14.3 Å². The van der Waals surface area contributed by atoms with E-state index < -0.39 is 49.5 Å². The molecule has 1 amide bonds. The van der Waals surface area contributed by atoms with E-state index in [0.29, 0.717) is 12.8 Å². The second-order valence-corrected chi connectivity index (χ2v) is 17.3. The van der Waals surface area contributed by atoms with Gasteiger partial charge in [0.25, 0.3) is 0 Å². The minimum Gasteiger partial charge on any atom is -0.394 e. The predicted octanol–water partition coefficient (Wildman–Crippen LogP) is 10.3.